The first-order chi connectivity index (χ1) is 18.9. The maximum atomic E-state index is 14.0. The second-order valence-electron chi connectivity index (χ2n) is 12.1. The summed E-state index contributed by atoms with van der Waals surface area (Å²) < 4.78 is 10.8. The van der Waals surface area contributed by atoms with Gasteiger partial charge in [0.05, 0.1) is 19.8 Å². The van der Waals surface area contributed by atoms with E-state index in [1.807, 2.05) is 0 Å². The average molecular weight is 535 g/mol. The van der Waals surface area contributed by atoms with Crippen LogP contribution in [0.3, 0.4) is 0 Å². The molecule has 0 aromatic heterocycles. The highest BCUT2D eigenvalue weighted by molar-refractivity contribution is 5.95. The van der Waals surface area contributed by atoms with Gasteiger partial charge < -0.3 is 24.4 Å². The quantitative estimate of drug-likeness (QED) is 0.431. The van der Waals surface area contributed by atoms with E-state index >= 15 is 0 Å². The zero-order chi connectivity index (χ0) is 27.4. The molecular formula is C33H46N2O4. The van der Waals surface area contributed by atoms with Gasteiger partial charge in [0.1, 0.15) is 5.75 Å². The molecule has 2 aromatic carbocycles. The average Bonchev–Trinajstić information content (AvgIpc) is 2.94. The molecule has 0 unspecified atom stereocenters. The molecular weight excluding hydrogens is 488 g/mol. The van der Waals surface area contributed by atoms with Crippen LogP contribution < -0.4 is 14.5 Å². The van der Waals surface area contributed by atoms with Crippen LogP contribution in [-0.4, -0.2) is 57.6 Å². The number of hydrogen-bond donors (Lipinski definition) is 1. The maximum absolute atomic E-state index is 14.0. The van der Waals surface area contributed by atoms with Crippen molar-refractivity contribution in [2.45, 2.75) is 70.3 Å². The highest BCUT2D eigenvalue weighted by atomic mass is 16.5. The van der Waals surface area contributed by atoms with E-state index in [0.29, 0.717) is 17.8 Å². The maximum Gasteiger partial charge on any atom is 0.230 e. The van der Waals surface area contributed by atoms with Crippen LogP contribution in [-0.2, 0) is 9.53 Å². The minimum Gasteiger partial charge on any atom is -0.496 e. The van der Waals surface area contributed by atoms with Gasteiger partial charge in [-0.25, -0.2) is 0 Å². The lowest BCUT2D eigenvalue weighted by Gasteiger charge is -2.41. The topological polar surface area (TPSA) is 62.2 Å². The van der Waals surface area contributed by atoms with Gasteiger partial charge in [-0.05, 0) is 106 Å². The fourth-order valence-electron chi connectivity index (χ4n) is 6.94. The van der Waals surface area contributed by atoms with Gasteiger partial charge in [-0.1, -0.05) is 18.2 Å². The molecule has 0 radical (unpaired) electrons. The minimum atomic E-state index is -0.255. The zero-order valence-corrected chi connectivity index (χ0v) is 24.0. The van der Waals surface area contributed by atoms with Gasteiger partial charge in [-0.2, -0.15) is 0 Å². The molecule has 212 valence electrons. The number of aliphatic hydroxyl groups excluding tert-OH is 1. The molecule has 1 amide bonds. The van der Waals surface area contributed by atoms with Gasteiger partial charge in [0.15, 0.2) is 0 Å². The monoisotopic (exact) mass is 534 g/mol. The molecule has 3 aliphatic rings. The summed E-state index contributed by atoms with van der Waals surface area (Å²) in [7, 11) is 3.50. The normalized spacial score (nSPS) is 25.7. The molecule has 5 rings (SSSR count). The summed E-state index contributed by atoms with van der Waals surface area (Å²) in [6.45, 7) is 5.70. The molecule has 2 aromatic rings. The van der Waals surface area contributed by atoms with E-state index in [2.05, 4.69) is 59.2 Å². The van der Waals surface area contributed by atoms with Crippen LogP contribution in [0, 0.1) is 24.7 Å². The Kier molecular flexibility index (Phi) is 9.13. The van der Waals surface area contributed by atoms with Gasteiger partial charge in [-0.3, -0.25) is 4.79 Å². The summed E-state index contributed by atoms with van der Waals surface area (Å²) in [4.78, 5) is 18.4. The summed E-state index contributed by atoms with van der Waals surface area (Å²) in [6, 6.07) is 15.2. The lowest BCUT2D eigenvalue weighted by atomic mass is 9.78. The van der Waals surface area contributed by atoms with E-state index in [-0.39, 0.29) is 17.9 Å². The van der Waals surface area contributed by atoms with E-state index in [0.717, 1.165) is 89.0 Å². The number of rotatable bonds is 9. The van der Waals surface area contributed by atoms with Crippen LogP contribution in [0.1, 0.15) is 68.4 Å². The lowest BCUT2D eigenvalue weighted by molar-refractivity contribution is -0.124. The summed E-state index contributed by atoms with van der Waals surface area (Å²) in [5, 5.41) is 10.0. The molecule has 0 bridgehead atoms. The third-order valence-corrected chi connectivity index (χ3v) is 9.36. The standard InChI is InChI=1S/C33H46N2O4/c1-23-17-28(13-16-32(23)39-3)26-9-7-24(8-10-26)21-35(33(37)27-11-14-31(36)15-12-27)30-6-4-5-29(18-30)34-19-25(20-34)22-38-2/h4-6,13,16-18,24-27,31,36H,7-12,14-15,19-22H2,1-3H3/t24-,26-,27-,31-. The van der Waals surface area contributed by atoms with E-state index in [9.17, 15) is 9.90 Å². The van der Waals surface area contributed by atoms with Crippen molar-refractivity contribution in [2.24, 2.45) is 17.8 Å². The summed E-state index contributed by atoms with van der Waals surface area (Å²) in [5.74, 6) is 2.85. The smallest absolute Gasteiger partial charge is 0.230 e. The Bertz CT molecular complexity index is 1100. The van der Waals surface area contributed by atoms with Crippen molar-refractivity contribution in [1.82, 2.24) is 0 Å². The van der Waals surface area contributed by atoms with Gasteiger partial charge in [0, 0.05) is 50.0 Å². The first kappa shape index (κ1) is 28.0. The third kappa shape index (κ3) is 6.60. The third-order valence-electron chi connectivity index (χ3n) is 9.36. The second-order valence-corrected chi connectivity index (χ2v) is 12.1. The fourth-order valence-corrected chi connectivity index (χ4v) is 6.94. The first-order valence-corrected chi connectivity index (χ1v) is 14.9. The van der Waals surface area contributed by atoms with Crippen molar-refractivity contribution in [3.8, 4) is 5.75 Å². The number of ether oxygens (including phenoxy) is 2. The summed E-state index contributed by atoms with van der Waals surface area (Å²) in [5.41, 5.74) is 4.82. The Hall–Kier alpha value is -2.57. The molecule has 2 aliphatic carbocycles. The number of aryl methyl sites for hydroxylation is 1. The molecule has 0 spiro atoms. The number of aliphatic hydroxyl groups is 1. The van der Waals surface area contributed by atoms with Crippen LogP contribution in [0.25, 0.3) is 0 Å². The lowest BCUT2D eigenvalue weighted by Crippen LogP contribution is -2.48. The molecule has 1 aliphatic heterocycles. The summed E-state index contributed by atoms with van der Waals surface area (Å²) >= 11 is 0. The highest BCUT2D eigenvalue weighted by Crippen LogP contribution is 2.39. The van der Waals surface area contributed by atoms with Crippen molar-refractivity contribution in [2.75, 3.05) is 50.3 Å². The minimum absolute atomic E-state index is 0.00533. The number of nitrogens with zero attached hydrogens (tertiary/aromatic N) is 2. The molecule has 0 atom stereocenters. The predicted molar refractivity (Wildman–Crippen MR) is 157 cm³/mol. The largest absolute Gasteiger partial charge is 0.496 e. The Morgan fingerprint density at radius 1 is 0.949 bits per heavy atom. The van der Waals surface area contributed by atoms with Crippen molar-refractivity contribution in [3.05, 3.63) is 53.6 Å². The number of amides is 1. The van der Waals surface area contributed by atoms with Crippen LogP contribution in [0.4, 0.5) is 11.4 Å². The molecule has 1 N–H and O–H groups in total. The number of carbonyl (C=O) groups is 1. The molecule has 3 fully saturated rings. The predicted octanol–water partition coefficient (Wildman–Crippen LogP) is 5.94. The van der Waals surface area contributed by atoms with Gasteiger partial charge in [0.2, 0.25) is 5.91 Å². The number of carbonyl (C=O) groups excluding carboxylic acids is 1. The van der Waals surface area contributed by atoms with E-state index in [4.69, 9.17) is 9.47 Å². The van der Waals surface area contributed by atoms with Crippen LogP contribution >= 0.6 is 0 Å². The second kappa shape index (κ2) is 12.7. The molecule has 1 heterocycles. The Balaban J connectivity index is 1.28. The van der Waals surface area contributed by atoms with Gasteiger partial charge in [0.25, 0.3) is 0 Å². The van der Waals surface area contributed by atoms with Crippen LogP contribution in [0.5, 0.6) is 5.75 Å². The molecule has 6 nitrogen and oxygen atoms in total. The molecule has 6 heteroatoms. The molecule has 2 saturated carbocycles. The van der Waals surface area contributed by atoms with Gasteiger partial charge >= 0.3 is 0 Å². The van der Waals surface area contributed by atoms with E-state index in [1.165, 1.54) is 16.8 Å². The zero-order valence-electron chi connectivity index (χ0n) is 24.0. The van der Waals surface area contributed by atoms with Gasteiger partial charge in [-0.15, -0.1) is 0 Å². The number of anilines is 2. The number of methoxy groups -OCH3 is 2. The Labute approximate surface area is 234 Å². The molecule has 39 heavy (non-hydrogen) atoms. The van der Waals surface area contributed by atoms with E-state index < -0.39 is 0 Å². The van der Waals surface area contributed by atoms with Crippen molar-refractivity contribution in [3.63, 3.8) is 0 Å². The van der Waals surface area contributed by atoms with E-state index in [1.54, 1.807) is 14.2 Å². The highest BCUT2D eigenvalue weighted by Gasteiger charge is 2.33. The first-order valence-electron chi connectivity index (χ1n) is 14.9. The van der Waals surface area contributed by atoms with Crippen LogP contribution in [0.15, 0.2) is 42.5 Å². The molecule has 1 saturated heterocycles. The SMILES string of the molecule is COCC1CN(c2cccc(N(C[C@H]3CC[C@H](c4ccc(OC)c(C)c4)CC3)C(=O)[C@H]3CC[C@H](O)CC3)c2)C1. The number of hydrogen-bond acceptors (Lipinski definition) is 5. The fraction of sp³-hybridized carbons (Fsp3) is 0.606. The van der Waals surface area contributed by atoms with Crippen molar-refractivity contribution in [1.29, 1.82) is 0 Å². The number of benzene rings is 2. The Morgan fingerprint density at radius 3 is 2.36 bits per heavy atom. The summed E-state index contributed by atoms with van der Waals surface area (Å²) in [6.07, 6.45) is 7.34. The van der Waals surface area contributed by atoms with Crippen LogP contribution in [0.2, 0.25) is 0 Å². The van der Waals surface area contributed by atoms with Crippen molar-refractivity contribution < 1.29 is 19.4 Å². The Morgan fingerprint density at radius 2 is 1.69 bits per heavy atom. The van der Waals surface area contributed by atoms with Crippen molar-refractivity contribution >= 4 is 17.3 Å².